The third kappa shape index (κ3) is 3.26. The molecule has 3 saturated carbocycles. The van der Waals surface area contributed by atoms with Gasteiger partial charge in [-0.15, -0.1) is 0 Å². The maximum absolute atomic E-state index is 10.2. The van der Waals surface area contributed by atoms with Crippen LogP contribution in [0.3, 0.4) is 0 Å². The Morgan fingerprint density at radius 3 is 2.57 bits per heavy atom. The van der Waals surface area contributed by atoms with Gasteiger partial charge in [0.1, 0.15) is 0 Å². The van der Waals surface area contributed by atoms with Gasteiger partial charge in [0, 0.05) is 0 Å². The maximum atomic E-state index is 10.2. The third-order valence-corrected chi connectivity index (χ3v) is 9.30. The molecule has 4 rings (SSSR count). The molecule has 1 nitrogen and oxygen atoms in total. The molecule has 1 heteroatoms. The average Bonchev–Trinajstić information content (AvgIpc) is 2.99. The zero-order valence-electron chi connectivity index (χ0n) is 18.9. The molecule has 0 aliphatic heterocycles. The summed E-state index contributed by atoms with van der Waals surface area (Å²) in [6, 6.07) is 0. The van der Waals surface area contributed by atoms with Crippen molar-refractivity contribution in [1.82, 2.24) is 0 Å². The summed E-state index contributed by atoms with van der Waals surface area (Å²) in [6.45, 7) is 12.2. The van der Waals surface area contributed by atoms with Gasteiger partial charge in [0.2, 0.25) is 0 Å². The first-order valence-electron chi connectivity index (χ1n) is 12.0. The second kappa shape index (κ2) is 7.46. The highest BCUT2D eigenvalue weighted by Gasteiger charge is 2.56. The Hall–Kier alpha value is -0.820. The minimum Gasteiger partial charge on any atom is -0.393 e. The molecular weight excluding hydrogens is 340 g/mol. The van der Waals surface area contributed by atoms with E-state index in [1.807, 2.05) is 0 Å². The Morgan fingerprint density at radius 2 is 1.82 bits per heavy atom. The summed E-state index contributed by atoms with van der Waals surface area (Å²) in [5.41, 5.74) is 4.09. The summed E-state index contributed by atoms with van der Waals surface area (Å²) in [6.07, 6.45) is 19.6. The van der Waals surface area contributed by atoms with Crippen molar-refractivity contribution >= 4 is 0 Å². The zero-order valence-corrected chi connectivity index (χ0v) is 18.9. The van der Waals surface area contributed by atoms with Gasteiger partial charge < -0.3 is 5.11 Å². The van der Waals surface area contributed by atoms with Gasteiger partial charge in [-0.2, -0.15) is 0 Å². The predicted molar refractivity (Wildman–Crippen MR) is 119 cm³/mol. The van der Waals surface area contributed by atoms with Gasteiger partial charge in [0.05, 0.1) is 6.10 Å². The third-order valence-electron chi connectivity index (χ3n) is 9.30. The topological polar surface area (TPSA) is 20.2 Å². The number of fused-ring (bicyclic) bond motifs is 5. The van der Waals surface area contributed by atoms with E-state index in [1.54, 1.807) is 5.57 Å². The van der Waals surface area contributed by atoms with Crippen LogP contribution in [-0.4, -0.2) is 11.2 Å². The Kier molecular flexibility index (Phi) is 5.45. The van der Waals surface area contributed by atoms with Crippen LogP contribution in [0.15, 0.2) is 35.5 Å². The van der Waals surface area contributed by atoms with Crippen molar-refractivity contribution in [1.29, 1.82) is 0 Å². The van der Waals surface area contributed by atoms with E-state index in [1.165, 1.54) is 44.1 Å². The number of hydrogen-bond donors (Lipinski definition) is 1. The van der Waals surface area contributed by atoms with Crippen molar-refractivity contribution in [2.75, 3.05) is 0 Å². The predicted octanol–water partition coefficient (Wildman–Crippen LogP) is 7.08. The van der Waals surface area contributed by atoms with Crippen molar-refractivity contribution in [3.8, 4) is 0 Å². The van der Waals surface area contributed by atoms with Crippen LogP contribution in [-0.2, 0) is 0 Å². The van der Waals surface area contributed by atoms with Gasteiger partial charge in [-0.05, 0) is 91.8 Å². The van der Waals surface area contributed by atoms with Crippen molar-refractivity contribution in [3.63, 3.8) is 0 Å². The van der Waals surface area contributed by atoms with Crippen LogP contribution in [0.4, 0.5) is 0 Å². The molecule has 0 aromatic rings. The average molecular weight is 383 g/mol. The lowest BCUT2D eigenvalue weighted by Gasteiger charge is -2.55. The van der Waals surface area contributed by atoms with Gasteiger partial charge in [-0.3, -0.25) is 0 Å². The van der Waals surface area contributed by atoms with Crippen molar-refractivity contribution < 1.29 is 5.11 Å². The lowest BCUT2D eigenvalue weighted by atomic mass is 9.50. The van der Waals surface area contributed by atoms with Crippen molar-refractivity contribution in [2.24, 2.45) is 40.4 Å². The highest BCUT2D eigenvalue weighted by atomic mass is 16.3. The molecule has 0 spiro atoms. The van der Waals surface area contributed by atoms with Crippen molar-refractivity contribution in [2.45, 2.75) is 92.1 Å². The fourth-order valence-electron chi connectivity index (χ4n) is 7.59. The monoisotopic (exact) mass is 382 g/mol. The quantitative estimate of drug-likeness (QED) is 0.515. The Balaban J connectivity index is 1.57. The van der Waals surface area contributed by atoms with Crippen LogP contribution < -0.4 is 0 Å². The molecule has 0 aromatic carbocycles. The minimum absolute atomic E-state index is 0.113. The fourth-order valence-corrected chi connectivity index (χ4v) is 7.59. The summed E-state index contributed by atoms with van der Waals surface area (Å²) in [5.74, 6) is 3.78. The van der Waals surface area contributed by atoms with E-state index in [4.69, 9.17) is 0 Å². The lowest BCUT2D eigenvalue weighted by molar-refractivity contribution is 0.0383. The van der Waals surface area contributed by atoms with Gasteiger partial charge in [0.15, 0.2) is 0 Å². The molecular formula is C27H42O. The first-order valence-corrected chi connectivity index (χ1v) is 12.0. The number of aliphatic hydroxyl groups excluding tert-OH is 1. The molecule has 4 aliphatic carbocycles. The number of aliphatic hydroxyl groups is 1. The molecule has 0 heterocycles. The van der Waals surface area contributed by atoms with Crippen LogP contribution in [0.5, 0.6) is 0 Å². The second-order valence-corrected chi connectivity index (χ2v) is 11.4. The number of hydrogen-bond acceptors (Lipinski definition) is 1. The molecule has 28 heavy (non-hydrogen) atoms. The van der Waals surface area contributed by atoms with Gasteiger partial charge in [-0.25, -0.2) is 0 Å². The standard InChI is InChI=1S/C27H42O/c1-18(2)7-6-8-19(3)23-11-12-24-22-10-9-20-17-21(28)13-15-26(20,4)25(22)14-16-27(23,24)5/h6,8-10,18-19,21,23-25,28H,7,11-17H2,1-5H3/b8-6-/t19-,21-,23+,24-,25-,26-,27+/m0/s1. The Bertz CT molecular complexity index is 682. The van der Waals surface area contributed by atoms with E-state index < -0.39 is 0 Å². The van der Waals surface area contributed by atoms with E-state index in [0.29, 0.717) is 16.7 Å². The molecule has 4 aliphatic rings. The largest absolute Gasteiger partial charge is 0.393 e. The molecule has 1 N–H and O–H groups in total. The molecule has 0 radical (unpaired) electrons. The lowest BCUT2D eigenvalue weighted by Crippen LogP contribution is -2.46. The van der Waals surface area contributed by atoms with Gasteiger partial charge >= 0.3 is 0 Å². The SMILES string of the molecule is CC(C)C/C=C\[C@H](C)[C@H]1CC[C@H]2C3=CC=C4C[C@@H](O)CC[C@]4(C)[C@H]3CC[C@]12C. The normalized spacial score (nSPS) is 44.0. The molecule has 0 saturated heterocycles. The van der Waals surface area contributed by atoms with E-state index in [-0.39, 0.29) is 6.10 Å². The van der Waals surface area contributed by atoms with Gasteiger partial charge in [-0.1, -0.05) is 70.1 Å². The summed E-state index contributed by atoms with van der Waals surface area (Å²) in [4.78, 5) is 0. The summed E-state index contributed by atoms with van der Waals surface area (Å²) < 4.78 is 0. The minimum atomic E-state index is -0.113. The first kappa shape index (κ1) is 20.5. The number of allylic oxidation sites excluding steroid dienone is 5. The highest BCUT2D eigenvalue weighted by Crippen LogP contribution is 2.65. The first-order chi connectivity index (χ1) is 13.3. The summed E-state index contributed by atoms with van der Waals surface area (Å²) in [5, 5.41) is 10.2. The van der Waals surface area contributed by atoms with Crippen LogP contribution in [0.2, 0.25) is 0 Å². The molecule has 0 amide bonds. The van der Waals surface area contributed by atoms with E-state index in [0.717, 1.165) is 36.5 Å². The molecule has 0 unspecified atom stereocenters. The summed E-state index contributed by atoms with van der Waals surface area (Å²) in [7, 11) is 0. The van der Waals surface area contributed by atoms with Crippen LogP contribution >= 0.6 is 0 Å². The second-order valence-electron chi connectivity index (χ2n) is 11.4. The Morgan fingerprint density at radius 1 is 1.04 bits per heavy atom. The van der Waals surface area contributed by atoms with Crippen molar-refractivity contribution in [3.05, 3.63) is 35.5 Å². The van der Waals surface area contributed by atoms with Crippen LogP contribution in [0, 0.1) is 40.4 Å². The molecule has 0 aromatic heterocycles. The summed E-state index contributed by atoms with van der Waals surface area (Å²) >= 11 is 0. The van der Waals surface area contributed by atoms with E-state index in [9.17, 15) is 5.11 Å². The molecule has 7 atom stereocenters. The van der Waals surface area contributed by atoms with E-state index >= 15 is 0 Å². The molecule has 3 fully saturated rings. The smallest absolute Gasteiger partial charge is 0.0578 e. The van der Waals surface area contributed by atoms with Gasteiger partial charge in [0.25, 0.3) is 0 Å². The number of rotatable bonds is 4. The molecule has 0 bridgehead atoms. The highest BCUT2D eigenvalue weighted by molar-refractivity contribution is 5.39. The Labute approximate surface area is 173 Å². The van der Waals surface area contributed by atoms with Crippen LogP contribution in [0.1, 0.15) is 86.0 Å². The van der Waals surface area contributed by atoms with Crippen LogP contribution in [0.25, 0.3) is 0 Å². The maximum Gasteiger partial charge on any atom is 0.0578 e. The fraction of sp³-hybridized carbons (Fsp3) is 0.778. The molecule has 156 valence electrons. The van der Waals surface area contributed by atoms with E-state index in [2.05, 4.69) is 58.9 Å². The zero-order chi connectivity index (χ0) is 20.1.